The minimum absolute atomic E-state index is 0.0369. The number of carboxylic acid groups (broad SMARTS) is 1. The number of nitrogens with one attached hydrogen (secondary N) is 1. The van der Waals surface area contributed by atoms with Gasteiger partial charge in [-0.05, 0) is 18.8 Å². The van der Waals surface area contributed by atoms with Crippen LogP contribution in [0.1, 0.15) is 12.6 Å². The van der Waals surface area contributed by atoms with Crippen LogP contribution >= 0.6 is 34.9 Å². The van der Waals surface area contributed by atoms with Crippen molar-refractivity contribution in [2.75, 3.05) is 24.3 Å². The molecule has 0 radical (unpaired) electrons. The van der Waals surface area contributed by atoms with Gasteiger partial charge in [0, 0.05) is 17.7 Å². The molecule has 0 aliphatic carbocycles. The number of nitrogen functional groups attached to an aromatic ring is 1. The first-order chi connectivity index (χ1) is 14.3. The molecule has 0 spiro atoms. The number of carbonyl (C=O) groups excluding carboxylic acids is 2. The van der Waals surface area contributed by atoms with E-state index in [9.17, 15) is 19.5 Å². The SMILES string of the molecule is CSC(C)O/N=C(\C(=O)NC1C(=O)N2C(C(=O)O)=C(CN)CS[C@H]12)c1csc(N)n1. The fourth-order valence-electron chi connectivity index (χ4n) is 2.82. The maximum atomic E-state index is 12.9. The number of aliphatic carboxylic acids is 1. The van der Waals surface area contributed by atoms with Gasteiger partial charge in [0.05, 0.1) is 0 Å². The van der Waals surface area contributed by atoms with Gasteiger partial charge in [-0.25, -0.2) is 9.78 Å². The summed E-state index contributed by atoms with van der Waals surface area (Å²) in [6, 6.07) is -0.907. The second kappa shape index (κ2) is 9.24. The van der Waals surface area contributed by atoms with E-state index in [4.69, 9.17) is 16.3 Å². The molecule has 30 heavy (non-hydrogen) atoms. The van der Waals surface area contributed by atoms with Gasteiger partial charge in [-0.15, -0.1) is 34.9 Å². The predicted octanol–water partition coefficient (Wildman–Crippen LogP) is -0.148. The molecule has 2 aliphatic rings. The summed E-state index contributed by atoms with van der Waals surface area (Å²) < 4.78 is 0. The molecule has 3 rings (SSSR count). The average molecular weight is 473 g/mol. The van der Waals surface area contributed by atoms with E-state index in [1.165, 1.54) is 23.5 Å². The zero-order valence-corrected chi connectivity index (χ0v) is 18.5. The van der Waals surface area contributed by atoms with Gasteiger partial charge < -0.3 is 26.7 Å². The van der Waals surface area contributed by atoms with Crippen molar-refractivity contribution in [2.45, 2.75) is 23.8 Å². The zero-order valence-electron chi connectivity index (χ0n) is 16.0. The number of nitrogens with zero attached hydrogens (tertiary/aromatic N) is 3. The number of fused-ring (bicyclic) bond motifs is 1. The molecule has 0 aromatic carbocycles. The van der Waals surface area contributed by atoms with E-state index in [1.807, 2.05) is 6.26 Å². The van der Waals surface area contributed by atoms with Crippen molar-refractivity contribution in [1.82, 2.24) is 15.2 Å². The molecule has 6 N–H and O–H groups in total. The molecule has 11 nitrogen and oxygen atoms in total. The smallest absolute Gasteiger partial charge is 0.352 e. The van der Waals surface area contributed by atoms with Crippen LogP contribution < -0.4 is 16.8 Å². The Kier molecular flexibility index (Phi) is 6.90. The number of anilines is 1. The van der Waals surface area contributed by atoms with Gasteiger partial charge in [0.2, 0.25) is 0 Å². The minimum atomic E-state index is -1.22. The third-order valence-corrected chi connectivity index (χ3v) is 7.15. The van der Waals surface area contributed by atoms with Gasteiger partial charge in [0.15, 0.2) is 16.3 Å². The predicted molar refractivity (Wildman–Crippen MR) is 116 cm³/mol. The molecule has 2 aliphatic heterocycles. The number of rotatable bonds is 8. The largest absolute Gasteiger partial charge is 0.477 e. The van der Waals surface area contributed by atoms with E-state index in [2.05, 4.69) is 15.5 Å². The fourth-order valence-corrected chi connectivity index (χ4v) is 4.86. The molecule has 1 fully saturated rings. The molecule has 1 aromatic rings. The fraction of sp³-hybridized carbons (Fsp3) is 0.438. The Labute approximate surface area is 184 Å². The first-order valence-corrected chi connectivity index (χ1v) is 11.9. The Morgan fingerprint density at radius 2 is 2.30 bits per heavy atom. The van der Waals surface area contributed by atoms with Crippen LogP contribution in [-0.2, 0) is 19.2 Å². The van der Waals surface area contributed by atoms with Crippen LogP contribution in [0.15, 0.2) is 21.8 Å². The Morgan fingerprint density at radius 1 is 1.57 bits per heavy atom. The van der Waals surface area contributed by atoms with E-state index >= 15 is 0 Å². The lowest BCUT2D eigenvalue weighted by molar-refractivity contribution is -0.150. The number of carboxylic acids is 1. The van der Waals surface area contributed by atoms with Crippen LogP contribution in [0.4, 0.5) is 5.13 Å². The topological polar surface area (TPSA) is 173 Å². The highest BCUT2D eigenvalue weighted by molar-refractivity contribution is 8.00. The summed E-state index contributed by atoms with van der Waals surface area (Å²) in [6.45, 7) is 1.80. The Hall–Kier alpha value is -2.29. The van der Waals surface area contributed by atoms with E-state index < -0.39 is 29.2 Å². The van der Waals surface area contributed by atoms with E-state index in [0.717, 1.165) is 16.2 Å². The molecule has 2 unspecified atom stereocenters. The summed E-state index contributed by atoms with van der Waals surface area (Å²) >= 11 is 3.86. The van der Waals surface area contributed by atoms with Crippen LogP contribution in [0.2, 0.25) is 0 Å². The van der Waals surface area contributed by atoms with Gasteiger partial charge >= 0.3 is 5.97 Å². The zero-order chi connectivity index (χ0) is 22.0. The summed E-state index contributed by atoms with van der Waals surface area (Å²) in [4.78, 5) is 47.6. The molecule has 2 amide bonds. The lowest BCUT2D eigenvalue weighted by Gasteiger charge is -2.49. The van der Waals surface area contributed by atoms with E-state index in [-0.39, 0.29) is 34.2 Å². The third-order valence-electron chi connectivity index (χ3n) is 4.39. The normalized spacial score (nSPS) is 22.3. The average Bonchev–Trinajstić information content (AvgIpc) is 3.16. The minimum Gasteiger partial charge on any atom is -0.477 e. The maximum Gasteiger partial charge on any atom is 0.352 e. The number of hydrogen-bond donors (Lipinski definition) is 4. The van der Waals surface area contributed by atoms with Gasteiger partial charge in [-0.1, -0.05) is 5.16 Å². The number of thiazole rings is 1. The van der Waals surface area contributed by atoms with Crippen molar-refractivity contribution in [3.05, 3.63) is 22.3 Å². The maximum absolute atomic E-state index is 12.9. The van der Waals surface area contributed by atoms with Crippen molar-refractivity contribution in [2.24, 2.45) is 10.9 Å². The number of nitrogens with two attached hydrogens (primary N) is 2. The van der Waals surface area contributed by atoms with Crippen molar-refractivity contribution in [3.63, 3.8) is 0 Å². The number of amides is 2. The first-order valence-electron chi connectivity index (χ1n) is 8.67. The summed E-state index contributed by atoms with van der Waals surface area (Å²) in [5.74, 6) is -2.06. The highest BCUT2D eigenvalue weighted by Crippen LogP contribution is 2.40. The molecule has 0 saturated carbocycles. The second-order valence-electron chi connectivity index (χ2n) is 6.24. The van der Waals surface area contributed by atoms with Gasteiger partial charge in [0.25, 0.3) is 11.8 Å². The second-order valence-corrected chi connectivity index (χ2v) is 9.37. The molecule has 3 atom stereocenters. The molecule has 162 valence electrons. The highest BCUT2D eigenvalue weighted by Gasteiger charge is 2.54. The molecule has 0 bridgehead atoms. The Bertz CT molecular complexity index is 932. The van der Waals surface area contributed by atoms with Gasteiger partial charge in [-0.3, -0.25) is 14.5 Å². The number of β-lactam (4-membered cyclic amide) rings is 1. The van der Waals surface area contributed by atoms with Crippen LogP contribution in [0, 0.1) is 0 Å². The Morgan fingerprint density at radius 3 is 2.87 bits per heavy atom. The summed E-state index contributed by atoms with van der Waals surface area (Å²) in [5, 5.41) is 17.3. The quantitative estimate of drug-likeness (QED) is 0.172. The molecule has 1 aromatic heterocycles. The van der Waals surface area contributed by atoms with Crippen molar-refractivity contribution in [3.8, 4) is 0 Å². The number of aromatic nitrogens is 1. The highest BCUT2D eigenvalue weighted by atomic mass is 32.2. The lowest BCUT2D eigenvalue weighted by atomic mass is 10.0. The van der Waals surface area contributed by atoms with Gasteiger partial charge in [-0.2, -0.15) is 0 Å². The molecular weight excluding hydrogens is 452 g/mol. The molecule has 3 heterocycles. The van der Waals surface area contributed by atoms with Gasteiger partial charge in [0.1, 0.15) is 22.8 Å². The van der Waals surface area contributed by atoms with Crippen LogP contribution in [0.3, 0.4) is 0 Å². The number of oxime groups is 1. The van der Waals surface area contributed by atoms with Crippen LogP contribution in [0.5, 0.6) is 0 Å². The summed E-state index contributed by atoms with van der Waals surface area (Å²) in [7, 11) is 0. The van der Waals surface area contributed by atoms with E-state index in [0.29, 0.717) is 11.3 Å². The number of hydrogen-bond acceptors (Lipinski definition) is 11. The van der Waals surface area contributed by atoms with Crippen LogP contribution in [-0.4, -0.2) is 73.9 Å². The number of thioether (sulfide) groups is 2. The number of carbonyl (C=O) groups is 3. The van der Waals surface area contributed by atoms with Crippen molar-refractivity contribution in [1.29, 1.82) is 0 Å². The standard InChI is InChI=1S/C16H20N6O5S3/c1-6(28-2)27-21-9(8-5-30-16(18)19-8)12(23)20-10-13(24)22-11(15(25)26)7(3-17)4-29-14(10)22/h5-6,10,14H,3-4,17H2,1-2H3,(H2,18,19)(H,20,23)(H,25,26)/b21-9-/t6?,10?,14-/m1/s1. The monoisotopic (exact) mass is 472 g/mol. The molecular formula is C16H20N6O5S3. The van der Waals surface area contributed by atoms with Crippen molar-refractivity contribution >= 4 is 63.5 Å². The third kappa shape index (κ3) is 4.26. The molecule has 14 heteroatoms. The van der Waals surface area contributed by atoms with Crippen LogP contribution in [0.25, 0.3) is 0 Å². The van der Waals surface area contributed by atoms with Crippen molar-refractivity contribution < 1.29 is 24.3 Å². The first kappa shape index (κ1) is 22.4. The summed E-state index contributed by atoms with van der Waals surface area (Å²) in [6.07, 6.45) is 1.83. The summed E-state index contributed by atoms with van der Waals surface area (Å²) in [5.41, 5.74) is 11.4. The van der Waals surface area contributed by atoms with E-state index in [1.54, 1.807) is 12.3 Å². The lowest BCUT2D eigenvalue weighted by Crippen LogP contribution is -2.71. The Balaban J connectivity index is 1.80. The molecule has 1 saturated heterocycles.